The first-order valence-electron chi connectivity index (χ1n) is 20.5. The van der Waals surface area contributed by atoms with E-state index >= 15 is 0 Å². The molecule has 282 valence electrons. The SMILES string of the molecule is c1cc(-c2ccc(N(c3ccc(-c4cccc(-c5cccc6ccccc56)c4)cc3)c3ccc(-c4cccc5ccccc45)cc3)cc2)cc(-c2cc3ccccc3o2)c1. The van der Waals surface area contributed by atoms with E-state index in [-0.39, 0.29) is 0 Å². The molecule has 1 aromatic heterocycles. The molecule has 0 spiro atoms. The fraction of sp³-hybridized carbons (Fsp3) is 0. The summed E-state index contributed by atoms with van der Waals surface area (Å²) in [5.41, 5.74) is 14.7. The van der Waals surface area contributed by atoms with Crippen LogP contribution < -0.4 is 4.90 Å². The highest BCUT2D eigenvalue weighted by molar-refractivity contribution is 5.98. The van der Waals surface area contributed by atoms with Crippen LogP contribution in [0, 0.1) is 0 Å². The molecular weight excluding hydrogens is 727 g/mol. The molecule has 11 aromatic rings. The quantitative estimate of drug-likeness (QED) is 0.153. The molecule has 0 aliphatic heterocycles. The Morgan fingerprint density at radius 1 is 0.267 bits per heavy atom. The second-order valence-electron chi connectivity index (χ2n) is 15.3. The monoisotopic (exact) mass is 765 g/mol. The normalized spacial score (nSPS) is 11.3. The van der Waals surface area contributed by atoms with E-state index in [4.69, 9.17) is 4.42 Å². The molecule has 10 aromatic carbocycles. The smallest absolute Gasteiger partial charge is 0.135 e. The number of benzene rings is 10. The van der Waals surface area contributed by atoms with Crippen LogP contribution in [-0.4, -0.2) is 0 Å². The van der Waals surface area contributed by atoms with Gasteiger partial charge in [0, 0.05) is 28.0 Å². The number of para-hydroxylation sites is 1. The van der Waals surface area contributed by atoms with Gasteiger partial charge in [0.05, 0.1) is 0 Å². The zero-order valence-electron chi connectivity index (χ0n) is 32.9. The van der Waals surface area contributed by atoms with Gasteiger partial charge in [-0.1, -0.05) is 176 Å². The van der Waals surface area contributed by atoms with Crippen molar-refractivity contribution < 1.29 is 4.42 Å². The standard InChI is InChI=1S/C58H39NO/c1-4-20-53-42(11-1)14-9-22-55(53)44-29-35-52(36-30-44)59(51-33-27-41(28-34-51)46-17-8-19-48(38-46)58-39-49-13-3-6-24-57(49)60-58)50-31-25-40(26-32-50)45-16-7-18-47(37-45)56-23-10-15-43-12-2-5-21-54(43)56/h1-39H. The lowest BCUT2D eigenvalue weighted by atomic mass is 9.95. The molecule has 0 fully saturated rings. The highest BCUT2D eigenvalue weighted by Crippen LogP contribution is 2.40. The average Bonchev–Trinajstić information content (AvgIpc) is 3.77. The molecule has 2 heteroatoms. The van der Waals surface area contributed by atoms with E-state index in [2.05, 4.69) is 223 Å². The lowest BCUT2D eigenvalue weighted by Gasteiger charge is -2.26. The number of nitrogens with zero attached hydrogens (tertiary/aromatic N) is 1. The van der Waals surface area contributed by atoms with Gasteiger partial charge in [0.15, 0.2) is 0 Å². The van der Waals surface area contributed by atoms with Crippen molar-refractivity contribution in [2.45, 2.75) is 0 Å². The van der Waals surface area contributed by atoms with E-state index in [9.17, 15) is 0 Å². The van der Waals surface area contributed by atoms with E-state index in [0.29, 0.717) is 0 Å². The fourth-order valence-electron chi connectivity index (χ4n) is 8.64. The minimum absolute atomic E-state index is 0.872. The summed E-state index contributed by atoms with van der Waals surface area (Å²) in [7, 11) is 0. The molecule has 0 N–H and O–H groups in total. The summed E-state index contributed by atoms with van der Waals surface area (Å²) in [6, 6.07) is 84.9. The summed E-state index contributed by atoms with van der Waals surface area (Å²) in [5, 5.41) is 6.12. The maximum Gasteiger partial charge on any atom is 0.135 e. The molecule has 0 aliphatic rings. The van der Waals surface area contributed by atoms with Crippen molar-refractivity contribution in [1.29, 1.82) is 0 Å². The van der Waals surface area contributed by atoms with E-state index in [1.807, 2.05) is 18.2 Å². The van der Waals surface area contributed by atoms with Crippen LogP contribution in [-0.2, 0) is 0 Å². The van der Waals surface area contributed by atoms with Crippen molar-refractivity contribution in [1.82, 2.24) is 0 Å². The largest absolute Gasteiger partial charge is 0.456 e. The van der Waals surface area contributed by atoms with E-state index in [0.717, 1.165) is 50.5 Å². The van der Waals surface area contributed by atoms with Crippen molar-refractivity contribution >= 4 is 49.6 Å². The van der Waals surface area contributed by atoms with Gasteiger partial charge in [-0.15, -0.1) is 0 Å². The van der Waals surface area contributed by atoms with Crippen LogP contribution in [0.5, 0.6) is 0 Å². The van der Waals surface area contributed by atoms with E-state index in [1.54, 1.807) is 0 Å². The highest BCUT2D eigenvalue weighted by Gasteiger charge is 2.15. The topological polar surface area (TPSA) is 16.4 Å². The van der Waals surface area contributed by atoms with Crippen LogP contribution in [0.4, 0.5) is 17.1 Å². The number of hydrogen-bond acceptors (Lipinski definition) is 2. The molecule has 0 aliphatic carbocycles. The van der Waals surface area contributed by atoms with Crippen molar-refractivity contribution in [2.75, 3.05) is 4.90 Å². The van der Waals surface area contributed by atoms with Crippen LogP contribution >= 0.6 is 0 Å². The van der Waals surface area contributed by atoms with Crippen LogP contribution in [0.3, 0.4) is 0 Å². The molecule has 1 heterocycles. The zero-order chi connectivity index (χ0) is 39.8. The predicted octanol–water partition coefficient (Wildman–Crippen LogP) is 16.5. The number of rotatable bonds is 8. The Morgan fingerprint density at radius 3 is 1.25 bits per heavy atom. The third-order valence-electron chi connectivity index (χ3n) is 11.7. The Morgan fingerprint density at radius 2 is 0.683 bits per heavy atom. The van der Waals surface area contributed by atoms with Crippen molar-refractivity contribution in [3.63, 3.8) is 0 Å². The number of anilines is 3. The van der Waals surface area contributed by atoms with Crippen molar-refractivity contribution in [2.24, 2.45) is 0 Å². The highest BCUT2D eigenvalue weighted by atomic mass is 16.3. The maximum atomic E-state index is 6.22. The van der Waals surface area contributed by atoms with E-state index in [1.165, 1.54) is 54.9 Å². The Kier molecular flexibility index (Phi) is 8.87. The molecule has 0 saturated carbocycles. The van der Waals surface area contributed by atoms with Gasteiger partial charge in [-0.2, -0.15) is 0 Å². The predicted molar refractivity (Wildman–Crippen MR) is 253 cm³/mol. The van der Waals surface area contributed by atoms with Gasteiger partial charge in [0.2, 0.25) is 0 Å². The number of furan rings is 1. The summed E-state index contributed by atoms with van der Waals surface area (Å²) in [6.45, 7) is 0. The first-order valence-corrected chi connectivity index (χ1v) is 20.5. The van der Waals surface area contributed by atoms with Gasteiger partial charge < -0.3 is 9.32 Å². The van der Waals surface area contributed by atoms with Crippen LogP contribution in [0.2, 0.25) is 0 Å². The maximum absolute atomic E-state index is 6.22. The van der Waals surface area contributed by atoms with Gasteiger partial charge in [-0.3, -0.25) is 0 Å². The third-order valence-corrected chi connectivity index (χ3v) is 11.7. The summed E-state index contributed by atoms with van der Waals surface area (Å²) < 4.78 is 6.22. The summed E-state index contributed by atoms with van der Waals surface area (Å²) >= 11 is 0. The molecule has 11 rings (SSSR count). The van der Waals surface area contributed by atoms with E-state index < -0.39 is 0 Å². The summed E-state index contributed by atoms with van der Waals surface area (Å²) in [4.78, 5) is 2.35. The summed E-state index contributed by atoms with van der Waals surface area (Å²) in [6.07, 6.45) is 0. The molecule has 2 nitrogen and oxygen atoms in total. The average molecular weight is 766 g/mol. The number of fused-ring (bicyclic) bond motifs is 3. The van der Waals surface area contributed by atoms with Crippen molar-refractivity contribution in [3.05, 3.63) is 237 Å². The van der Waals surface area contributed by atoms with Gasteiger partial charge in [-0.25, -0.2) is 0 Å². The summed E-state index contributed by atoms with van der Waals surface area (Å²) in [5.74, 6) is 0.872. The van der Waals surface area contributed by atoms with Crippen molar-refractivity contribution in [3.8, 4) is 55.8 Å². The van der Waals surface area contributed by atoms with Crippen LogP contribution in [0.25, 0.3) is 88.3 Å². The van der Waals surface area contributed by atoms with Crippen LogP contribution in [0.15, 0.2) is 241 Å². The molecule has 0 bridgehead atoms. The minimum atomic E-state index is 0.872. The number of hydrogen-bond donors (Lipinski definition) is 0. The second kappa shape index (κ2) is 15.1. The lowest BCUT2D eigenvalue weighted by Crippen LogP contribution is -2.09. The fourth-order valence-corrected chi connectivity index (χ4v) is 8.64. The lowest BCUT2D eigenvalue weighted by molar-refractivity contribution is 0.631. The minimum Gasteiger partial charge on any atom is -0.456 e. The van der Waals surface area contributed by atoms with Gasteiger partial charge in [0.1, 0.15) is 11.3 Å². The third kappa shape index (κ3) is 6.61. The molecule has 0 atom stereocenters. The second-order valence-corrected chi connectivity index (χ2v) is 15.3. The Hall–Kier alpha value is -7.94. The first-order chi connectivity index (χ1) is 29.7. The zero-order valence-corrected chi connectivity index (χ0v) is 32.9. The van der Waals surface area contributed by atoms with Crippen LogP contribution in [0.1, 0.15) is 0 Å². The Labute approximate surface area is 349 Å². The molecule has 0 radical (unpaired) electrons. The first kappa shape index (κ1) is 35.2. The van der Waals surface area contributed by atoms with Gasteiger partial charge in [-0.05, 0) is 127 Å². The van der Waals surface area contributed by atoms with Gasteiger partial charge >= 0.3 is 0 Å². The molecule has 0 unspecified atom stereocenters. The van der Waals surface area contributed by atoms with Gasteiger partial charge in [0.25, 0.3) is 0 Å². The molecule has 0 saturated heterocycles. The molecule has 0 amide bonds. The Balaban J connectivity index is 0.949. The molecular formula is C58H39NO. The molecule has 60 heavy (non-hydrogen) atoms. The Bertz CT molecular complexity index is 3260.